The van der Waals surface area contributed by atoms with Crippen LogP contribution in [-0.2, 0) is 5.41 Å². The van der Waals surface area contributed by atoms with Crippen molar-refractivity contribution in [3.63, 3.8) is 0 Å². The molecule has 4 saturated carbocycles. The molecule has 1 N–H and O–H groups in total. The maximum absolute atomic E-state index is 7.49. The molecule has 4 aliphatic rings. The zero-order chi connectivity index (χ0) is 20.3. The lowest BCUT2D eigenvalue weighted by molar-refractivity contribution is -0.00613. The highest BCUT2D eigenvalue weighted by atomic mass is 16.5. The second kappa shape index (κ2) is 6.70. The first-order chi connectivity index (χ1) is 14.7. The monoisotopic (exact) mass is 395 g/mol. The Morgan fingerprint density at radius 1 is 0.800 bits per heavy atom. The molecule has 0 atom stereocenters. The van der Waals surface area contributed by atoms with E-state index in [0.717, 1.165) is 29.1 Å². The summed E-state index contributed by atoms with van der Waals surface area (Å²) in [5.74, 6) is 3.85. The highest BCUT2D eigenvalue weighted by Gasteiger charge is 2.52. The highest BCUT2D eigenvalue weighted by Crippen LogP contribution is 2.62. The van der Waals surface area contributed by atoms with Gasteiger partial charge in [-0.25, -0.2) is 0 Å². The summed E-state index contributed by atoms with van der Waals surface area (Å²) in [5, 5.41) is 9.91. The van der Waals surface area contributed by atoms with Gasteiger partial charge in [-0.1, -0.05) is 30.3 Å². The summed E-state index contributed by atoms with van der Waals surface area (Å²) in [4.78, 5) is 0. The van der Waals surface area contributed by atoms with Crippen LogP contribution in [0.2, 0.25) is 0 Å². The lowest BCUT2D eigenvalue weighted by Gasteiger charge is -2.57. The number of methoxy groups -OCH3 is 1. The number of benzene rings is 3. The predicted molar refractivity (Wildman–Crippen MR) is 124 cm³/mol. The minimum atomic E-state index is 0.325. The van der Waals surface area contributed by atoms with E-state index in [0.29, 0.717) is 5.41 Å². The third-order valence-corrected chi connectivity index (χ3v) is 8.17. The van der Waals surface area contributed by atoms with Crippen molar-refractivity contribution in [2.75, 3.05) is 7.11 Å². The van der Waals surface area contributed by atoms with Gasteiger partial charge in [-0.3, -0.25) is 0 Å². The molecule has 0 amide bonds. The summed E-state index contributed by atoms with van der Waals surface area (Å²) in [6, 6.07) is 19.8. The first-order valence-electron chi connectivity index (χ1n) is 11.4. The normalized spacial score (nSPS) is 29.3. The van der Waals surface area contributed by atoms with Crippen LogP contribution in [0.15, 0.2) is 54.6 Å². The Morgan fingerprint density at radius 2 is 1.40 bits per heavy atom. The fourth-order valence-corrected chi connectivity index (χ4v) is 7.28. The summed E-state index contributed by atoms with van der Waals surface area (Å²) in [7, 11) is 1.83. The van der Waals surface area contributed by atoms with Crippen LogP contribution in [0.1, 0.15) is 49.7 Å². The summed E-state index contributed by atoms with van der Waals surface area (Å²) in [6.07, 6.45) is 9.85. The van der Waals surface area contributed by atoms with Crippen LogP contribution in [0.25, 0.3) is 21.9 Å². The molecular formula is C28H29NO. The smallest absolute Gasteiger partial charge is 0.122 e. The van der Waals surface area contributed by atoms with Gasteiger partial charge >= 0.3 is 0 Å². The van der Waals surface area contributed by atoms with Crippen LogP contribution in [-0.4, -0.2) is 13.3 Å². The summed E-state index contributed by atoms with van der Waals surface area (Å²) in [6.45, 7) is 0. The van der Waals surface area contributed by atoms with Crippen molar-refractivity contribution in [2.45, 2.75) is 43.9 Å². The summed E-state index contributed by atoms with van der Waals surface area (Å²) >= 11 is 0. The molecule has 0 unspecified atom stereocenters. The molecule has 2 heteroatoms. The average Bonchev–Trinajstić information content (AvgIpc) is 2.77. The van der Waals surface area contributed by atoms with Crippen LogP contribution < -0.4 is 4.74 Å². The quantitative estimate of drug-likeness (QED) is 0.475. The Bertz CT molecular complexity index is 1110. The molecule has 2 nitrogen and oxygen atoms in total. The SMILES string of the molecule is COc1ccc(-c2ccc3cc(C=N)ccc3c2)cc1C12CC3CC(CC(C3)C1)C2. The Morgan fingerprint density at radius 3 is 2.07 bits per heavy atom. The number of hydrogen-bond acceptors (Lipinski definition) is 2. The van der Waals surface area contributed by atoms with Crippen molar-refractivity contribution in [3.8, 4) is 16.9 Å². The number of rotatable bonds is 4. The topological polar surface area (TPSA) is 33.1 Å². The molecule has 152 valence electrons. The molecule has 30 heavy (non-hydrogen) atoms. The van der Waals surface area contributed by atoms with Crippen LogP contribution in [0.5, 0.6) is 5.75 Å². The Kier molecular flexibility index (Phi) is 4.06. The molecule has 0 saturated heterocycles. The van der Waals surface area contributed by atoms with Crippen LogP contribution in [0, 0.1) is 23.2 Å². The highest BCUT2D eigenvalue weighted by molar-refractivity contribution is 5.92. The predicted octanol–water partition coefficient (Wildman–Crippen LogP) is 6.98. The van der Waals surface area contributed by atoms with Gasteiger partial charge < -0.3 is 10.1 Å². The molecule has 0 aromatic heterocycles. The second-order valence-electron chi connectivity index (χ2n) is 10.1. The van der Waals surface area contributed by atoms with Crippen LogP contribution >= 0.6 is 0 Å². The van der Waals surface area contributed by atoms with Crippen molar-refractivity contribution in [1.82, 2.24) is 0 Å². The maximum atomic E-state index is 7.49. The Balaban J connectivity index is 1.44. The van der Waals surface area contributed by atoms with E-state index >= 15 is 0 Å². The largest absolute Gasteiger partial charge is 0.496 e. The van der Waals surface area contributed by atoms with E-state index in [1.165, 1.54) is 72.2 Å². The minimum Gasteiger partial charge on any atom is -0.496 e. The first kappa shape index (κ1) is 18.2. The van der Waals surface area contributed by atoms with Gasteiger partial charge in [-0.05, 0) is 113 Å². The average molecular weight is 396 g/mol. The van der Waals surface area contributed by atoms with E-state index in [9.17, 15) is 0 Å². The van der Waals surface area contributed by atoms with Crippen LogP contribution in [0.4, 0.5) is 0 Å². The summed E-state index contributed by atoms with van der Waals surface area (Å²) < 4.78 is 5.90. The maximum Gasteiger partial charge on any atom is 0.122 e. The van der Waals surface area contributed by atoms with Gasteiger partial charge in [0.25, 0.3) is 0 Å². The van der Waals surface area contributed by atoms with E-state index < -0.39 is 0 Å². The fourth-order valence-electron chi connectivity index (χ4n) is 7.28. The molecule has 0 radical (unpaired) electrons. The van der Waals surface area contributed by atoms with Gasteiger partial charge in [0.15, 0.2) is 0 Å². The van der Waals surface area contributed by atoms with Gasteiger partial charge in [-0.2, -0.15) is 0 Å². The van der Waals surface area contributed by atoms with Gasteiger partial charge in [0.1, 0.15) is 5.75 Å². The molecule has 3 aromatic carbocycles. The van der Waals surface area contributed by atoms with E-state index in [4.69, 9.17) is 10.1 Å². The molecule has 4 aliphatic carbocycles. The second-order valence-corrected chi connectivity index (χ2v) is 10.1. The molecule has 4 fully saturated rings. The van der Waals surface area contributed by atoms with Crippen molar-refractivity contribution >= 4 is 17.0 Å². The summed E-state index contributed by atoms with van der Waals surface area (Å²) in [5.41, 5.74) is 5.29. The number of fused-ring (bicyclic) bond motifs is 1. The molecular weight excluding hydrogens is 366 g/mol. The van der Waals surface area contributed by atoms with E-state index in [2.05, 4.69) is 48.5 Å². The molecule has 0 spiro atoms. The first-order valence-corrected chi connectivity index (χ1v) is 11.4. The van der Waals surface area contributed by atoms with Gasteiger partial charge in [0, 0.05) is 11.8 Å². The van der Waals surface area contributed by atoms with Crippen molar-refractivity contribution < 1.29 is 4.74 Å². The molecule has 7 rings (SSSR count). The lowest BCUT2D eigenvalue weighted by atomic mass is 9.48. The lowest BCUT2D eigenvalue weighted by Crippen LogP contribution is -2.48. The molecule has 0 aliphatic heterocycles. The zero-order valence-electron chi connectivity index (χ0n) is 17.7. The molecule has 4 bridgehead atoms. The Hall–Kier alpha value is -2.61. The zero-order valence-corrected chi connectivity index (χ0v) is 17.7. The van der Waals surface area contributed by atoms with Gasteiger partial charge in [0.05, 0.1) is 7.11 Å². The van der Waals surface area contributed by atoms with Crippen molar-refractivity contribution in [2.24, 2.45) is 17.8 Å². The number of ether oxygens (including phenoxy) is 1. The fraction of sp³-hybridized carbons (Fsp3) is 0.393. The molecule has 3 aromatic rings. The van der Waals surface area contributed by atoms with Crippen molar-refractivity contribution in [3.05, 3.63) is 65.7 Å². The van der Waals surface area contributed by atoms with E-state index in [1.807, 2.05) is 13.2 Å². The van der Waals surface area contributed by atoms with Crippen molar-refractivity contribution in [1.29, 1.82) is 5.41 Å². The van der Waals surface area contributed by atoms with E-state index in [1.54, 1.807) is 0 Å². The standard InChI is InChI=1S/C28H29NO/c1-30-27-7-6-25(24-5-4-22-11-18(17-29)2-3-23(22)12-24)13-26(27)28-14-19-8-20(15-28)10-21(9-19)16-28/h2-7,11-13,17,19-21,29H,8-10,14-16H2,1H3. The van der Waals surface area contributed by atoms with Crippen LogP contribution in [0.3, 0.4) is 0 Å². The molecule has 0 heterocycles. The Labute approximate surface area is 178 Å². The third kappa shape index (κ3) is 2.80. The van der Waals surface area contributed by atoms with E-state index in [-0.39, 0.29) is 0 Å². The number of nitrogens with one attached hydrogen (secondary N) is 1. The van der Waals surface area contributed by atoms with Gasteiger partial charge in [0.2, 0.25) is 0 Å². The van der Waals surface area contributed by atoms with Gasteiger partial charge in [-0.15, -0.1) is 0 Å². The third-order valence-electron chi connectivity index (χ3n) is 8.17. The minimum absolute atomic E-state index is 0.325. The number of hydrogen-bond donors (Lipinski definition) is 1.